The van der Waals surface area contributed by atoms with Crippen molar-refractivity contribution in [2.45, 2.75) is 38.8 Å². The van der Waals surface area contributed by atoms with Crippen molar-refractivity contribution in [2.75, 3.05) is 0 Å². The van der Waals surface area contributed by atoms with Gasteiger partial charge in [-0.1, -0.05) is 13.3 Å². The van der Waals surface area contributed by atoms with Gasteiger partial charge in [0.25, 0.3) is 5.91 Å². The number of hydrogen-bond acceptors (Lipinski definition) is 4. The zero-order chi connectivity index (χ0) is 15.1. The quantitative estimate of drug-likeness (QED) is 0.684. The molecule has 0 bridgehead atoms. The van der Waals surface area contributed by atoms with E-state index in [1.54, 1.807) is 6.07 Å². The fourth-order valence-electron chi connectivity index (χ4n) is 1.58. The second-order valence-electron chi connectivity index (χ2n) is 4.36. The van der Waals surface area contributed by atoms with E-state index < -0.39 is 29.9 Å². The molecule has 110 valence electrons. The summed E-state index contributed by atoms with van der Waals surface area (Å²) in [4.78, 5) is 34.4. The van der Waals surface area contributed by atoms with Crippen molar-refractivity contribution in [2.24, 2.45) is 0 Å². The molecule has 0 saturated heterocycles. The molecule has 0 aliphatic carbocycles. The second kappa shape index (κ2) is 7.32. The standard InChI is InChI=1S/C13H18N2O5/c1-3-5-9(13(18)19)15-11(16)8(2)14-12(17)10-6-4-7-20-10/h4,6-9H,3,5H2,1-2H3,(H,14,17)(H,15,16)(H,18,19)/t8?,9-/m0/s1. The molecule has 0 spiro atoms. The molecule has 1 aromatic heterocycles. The highest BCUT2D eigenvalue weighted by atomic mass is 16.4. The lowest BCUT2D eigenvalue weighted by Gasteiger charge is -2.17. The van der Waals surface area contributed by atoms with E-state index in [0.717, 1.165) is 0 Å². The van der Waals surface area contributed by atoms with Crippen LogP contribution in [0.25, 0.3) is 0 Å². The Bertz CT molecular complexity index is 469. The van der Waals surface area contributed by atoms with Gasteiger partial charge in [0.1, 0.15) is 12.1 Å². The van der Waals surface area contributed by atoms with Crippen molar-refractivity contribution in [3.05, 3.63) is 24.2 Å². The lowest BCUT2D eigenvalue weighted by Crippen LogP contribution is -2.50. The summed E-state index contributed by atoms with van der Waals surface area (Å²) in [5.74, 6) is -2.08. The summed E-state index contributed by atoms with van der Waals surface area (Å²) in [7, 11) is 0. The Balaban J connectivity index is 2.54. The average Bonchev–Trinajstić information content (AvgIpc) is 2.91. The van der Waals surface area contributed by atoms with E-state index in [-0.39, 0.29) is 5.76 Å². The van der Waals surface area contributed by atoms with Crippen LogP contribution in [0.5, 0.6) is 0 Å². The van der Waals surface area contributed by atoms with Gasteiger partial charge in [0.15, 0.2) is 5.76 Å². The zero-order valence-electron chi connectivity index (χ0n) is 11.4. The first-order valence-corrected chi connectivity index (χ1v) is 6.33. The molecular formula is C13H18N2O5. The maximum atomic E-state index is 11.8. The summed E-state index contributed by atoms with van der Waals surface area (Å²) in [6.07, 6.45) is 2.31. The second-order valence-corrected chi connectivity index (χ2v) is 4.36. The third-order valence-electron chi connectivity index (χ3n) is 2.68. The van der Waals surface area contributed by atoms with Crippen LogP contribution in [0.4, 0.5) is 0 Å². The van der Waals surface area contributed by atoms with Crippen molar-refractivity contribution in [1.29, 1.82) is 0 Å². The minimum Gasteiger partial charge on any atom is -0.480 e. The zero-order valence-corrected chi connectivity index (χ0v) is 11.4. The Morgan fingerprint density at radius 3 is 2.55 bits per heavy atom. The Morgan fingerprint density at radius 1 is 1.35 bits per heavy atom. The van der Waals surface area contributed by atoms with E-state index in [4.69, 9.17) is 9.52 Å². The van der Waals surface area contributed by atoms with E-state index in [1.165, 1.54) is 19.3 Å². The molecule has 1 unspecified atom stereocenters. The van der Waals surface area contributed by atoms with E-state index in [1.807, 2.05) is 6.92 Å². The van der Waals surface area contributed by atoms with Gasteiger partial charge in [0, 0.05) is 0 Å². The van der Waals surface area contributed by atoms with Crippen molar-refractivity contribution < 1.29 is 23.9 Å². The van der Waals surface area contributed by atoms with Crippen molar-refractivity contribution in [3.8, 4) is 0 Å². The molecule has 2 amide bonds. The molecule has 0 aliphatic heterocycles. The van der Waals surface area contributed by atoms with Gasteiger partial charge in [0.05, 0.1) is 6.26 Å². The van der Waals surface area contributed by atoms with E-state index in [0.29, 0.717) is 12.8 Å². The number of furan rings is 1. The first kappa shape index (κ1) is 15.7. The predicted molar refractivity (Wildman–Crippen MR) is 70.1 cm³/mol. The van der Waals surface area contributed by atoms with Crippen LogP contribution in [0.1, 0.15) is 37.2 Å². The smallest absolute Gasteiger partial charge is 0.326 e. The molecule has 0 fully saturated rings. The molecule has 3 N–H and O–H groups in total. The van der Waals surface area contributed by atoms with Gasteiger partial charge in [-0.05, 0) is 25.5 Å². The molecule has 1 heterocycles. The molecule has 0 aromatic carbocycles. The highest BCUT2D eigenvalue weighted by molar-refractivity contribution is 5.96. The molecule has 0 aliphatic rings. The normalized spacial score (nSPS) is 13.3. The third-order valence-corrected chi connectivity index (χ3v) is 2.68. The van der Waals surface area contributed by atoms with E-state index >= 15 is 0 Å². The molecule has 7 heteroatoms. The van der Waals surface area contributed by atoms with Gasteiger partial charge < -0.3 is 20.2 Å². The number of carbonyl (C=O) groups excluding carboxylic acids is 2. The van der Waals surface area contributed by atoms with Crippen molar-refractivity contribution >= 4 is 17.8 Å². The molecule has 1 aromatic rings. The van der Waals surface area contributed by atoms with Gasteiger partial charge in [-0.3, -0.25) is 9.59 Å². The first-order valence-electron chi connectivity index (χ1n) is 6.33. The van der Waals surface area contributed by atoms with E-state index in [9.17, 15) is 14.4 Å². The van der Waals surface area contributed by atoms with Crippen molar-refractivity contribution in [1.82, 2.24) is 10.6 Å². The van der Waals surface area contributed by atoms with Gasteiger partial charge in [0.2, 0.25) is 5.91 Å². The fourth-order valence-corrected chi connectivity index (χ4v) is 1.58. The van der Waals surface area contributed by atoms with Crippen molar-refractivity contribution in [3.63, 3.8) is 0 Å². The first-order chi connectivity index (χ1) is 9.45. The summed E-state index contributed by atoms with van der Waals surface area (Å²) in [6.45, 7) is 3.30. The van der Waals surface area contributed by atoms with Crippen LogP contribution in [-0.4, -0.2) is 35.0 Å². The van der Waals surface area contributed by atoms with Crippen LogP contribution in [-0.2, 0) is 9.59 Å². The van der Waals surface area contributed by atoms with Gasteiger partial charge >= 0.3 is 5.97 Å². The summed E-state index contributed by atoms with van der Waals surface area (Å²) in [6, 6.07) is 1.22. The minimum absolute atomic E-state index is 0.0907. The summed E-state index contributed by atoms with van der Waals surface area (Å²) in [5, 5.41) is 13.8. The van der Waals surface area contributed by atoms with Crippen LogP contribution in [0.2, 0.25) is 0 Å². The highest BCUT2D eigenvalue weighted by Gasteiger charge is 2.23. The Hall–Kier alpha value is -2.31. The summed E-state index contributed by atoms with van der Waals surface area (Å²) in [5.41, 5.74) is 0. The monoisotopic (exact) mass is 282 g/mol. The average molecular weight is 282 g/mol. The van der Waals surface area contributed by atoms with Gasteiger partial charge in [-0.25, -0.2) is 4.79 Å². The lowest BCUT2D eigenvalue weighted by molar-refractivity contribution is -0.142. The number of nitrogens with one attached hydrogen (secondary N) is 2. The molecule has 7 nitrogen and oxygen atoms in total. The Kier molecular flexibility index (Phi) is 5.76. The largest absolute Gasteiger partial charge is 0.480 e. The Morgan fingerprint density at radius 2 is 2.05 bits per heavy atom. The molecule has 0 saturated carbocycles. The fraction of sp³-hybridized carbons (Fsp3) is 0.462. The topological polar surface area (TPSA) is 109 Å². The van der Waals surface area contributed by atoms with Crippen LogP contribution in [0.15, 0.2) is 22.8 Å². The highest BCUT2D eigenvalue weighted by Crippen LogP contribution is 2.01. The number of carboxylic acid groups (broad SMARTS) is 1. The number of aliphatic carboxylic acids is 1. The Labute approximate surface area is 116 Å². The molecule has 0 radical (unpaired) electrons. The number of carboxylic acids is 1. The van der Waals surface area contributed by atoms with Gasteiger partial charge in [-0.15, -0.1) is 0 Å². The molecule has 2 atom stereocenters. The van der Waals surface area contributed by atoms with Crippen LogP contribution >= 0.6 is 0 Å². The predicted octanol–water partition coefficient (Wildman–Crippen LogP) is 0.767. The number of amides is 2. The molecule has 20 heavy (non-hydrogen) atoms. The molecule has 1 rings (SSSR count). The minimum atomic E-state index is -1.09. The summed E-state index contributed by atoms with van der Waals surface area (Å²) >= 11 is 0. The third kappa shape index (κ3) is 4.42. The number of hydrogen-bond donors (Lipinski definition) is 3. The SMILES string of the molecule is CCC[C@H](NC(=O)C(C)NC(=O)c1ccco1)C(=O)O. The molecular weight excluding hydrogens is 264 g/mol. The number of rotatable bonds is 7. The van der Waals surface area contributed by atoms with Gasteiger partial charge in [-0.2, -0.15) is 0 Å². The summed E-state index contributed by atoms with van der Waals surface area (Å²) < 4.78 is 4.90. The lowest BCUT2D eigenvalue weighted by atomic mass is 10.1. The maximum Gasteiger partial charge on any atom is 0.326 e. The van der Waals surface area contributed by atoms with Crippen LogP contribution in [0.3, 0.4) is 0 Å². The number of carbonyl (C=O) groups is 3. The van der Waals surface area contributed by atoms with Crippen LogP contribution in [0, 0.1) is 0 Å². The van der Waals surface area contributed by atoms with Crippen LogP contribution < -0.4 is 10.6 Å². The maximum absolute atomic E-state index is 11.8. The van der Waals surface area contributed by atoms with E-state index in [2.05, 4.69) is 10.6 Å².